The van der Waals surface area contributed by atoms with E-state index in [1.807, 2.05) is 0 Å². The molecule has 8 nitrogen and oxygen atoms in total. The van der Waals surface area contributed by atoms with E-state index in [0.29, 0.717) is 0 Å². The molecule has 1 atom stereocenters. The first kappa shape index (κ1) is 21.9. The number of hydrogen-bond donors (Lipinski definition) is 0. The third-order valence-corrected chi connectivity index (χ3v) is 6.29. The number of anilines is 2. The van der Waals surface area contributed by atoms with Gasteiger partial charge in [0.25, 0.3) is 0 Å². The van der Waals surface area contributed by atoms with Crippen LogP contribution in [0.25, 0.3) is 0 Å². The van der Waals surface area contributed by atoms with Crippen molar-refractivity contribution in [1.29, 1.82) is 0 Å². The molecule has 168 valence electrons. The van der Waals surface area contributed by atoms with Crippen LogP contribution in [0.5, 0.6) is 0 Å². The maximum atomic E-state index is 11.6. The third kappa shape index (κ3) is 4.49. The van der Waals surface area contributed by atoms with Gasteiger partial charge >= 0.3 is 5.97 Å². The molecule has 0 unspecified atom stereocenters. The van der Waals surface area contributed by atoms with Crippen molar-refractivity contribution in [1.82, 2.24) is 20.2 Å². The molecule has 4 rings (SSSR count). The predicted octanol–water partition coefficient (Wildman–Crippen LogP) is 3.20. The Morgan fingerprint density at radius 2 is 1.97 bits per heavy atom. The van der Waals surface area contributed by atoms with Crippen molar-refractivity contribution < 1.29 is 9.53 Å². The van der Waals surface area contributed by atoms with Crippen LogP contribution in [-0.2, 0) is 11.2 Å². The molecule has 0 N–H and O–H groups in total. The van der Waals surface area contributed by atoms with Crippen LogP contribution < -0.4 is 9.80 Å². The molecule has 0 bridgehead atoms. The molecule has 0 amide bonds. The maximum Gasteiger partial charge on any atom is 0.358 e. The highest BCUT2D eigenvalue weighted by atomic mass is 16.5. The van der Waals surface area contributed by atoms with E-state index >= 15 is 0 Å². The normalized spacial score (nSPS) is 18.5. The summed E-state index contributed by atoms with van der Waals surface area (Å²) in [6.07, 6.45) is 12.9. The van der Waals surface area contributed by atoms with Crippen molar-refractivity contribution in [3.63, 3.8) is 0 Å². The van der Waals surface area contributed by atoms with E-state index in [1.165, 1.54) is 30.0 Å². The van der Waals surface area contributed by atoms with E-state index in [-0.39, 0.29) is 11.7 Å². The molecule has 0 spiro atoms. The number of hydrogen-bond acceptors (Lipinski definition) is 8. The predicted molar refractivity (Wildman–Crippen MR) is 124 cm³/mol. The van der Waals surface area contributed by atoms with E-state index in [2.05, 4.69) is 69.0 Å². The first-order valence-corrected chi connectivity index (χ1v) is 11.1. The summed E-state index contributed by atoms with van der Waals surface area (Å²) in [4.78, 5) is 24.7. The average molecular weight is 435 g/mol. The van der Waals surface area contributed by atoms with E-state index < -0.39 is 5.97 Å². The van der Waals surface area contributed by atoms with E-state index in [4.69, 9.17) is 4.74 Å². The number of allylic oxidation sites excluding steroid dienone is 4. The number of nitrogens with zero attached hydrogens (tertiary/aromatic N) is 6. The zero-order valence-corrected chi connectivity index (χ0v) is 19.2. The van der Waals surface area contributed by atoms with Crippen LogP contribution >= 0.6 is 0 Å². The zero-order chi connectivity index (χ0) is 22.7. The summed E-state index contributed by atoms with van der Waals surface area (Å²) < 4.78 is 4.70. The minimum absolute atomic E-state index is 0.209. The van der Waals surface area contributed by atoms with Gasteiger partial charge in [0.2, 0.25) is 0 Å². The van der Waals surface area contributed by atoms with Gasteiger partial charge in [-0.15, -0.1) is 5.10 Å². The Kier molecular flexibility index (Phi) is 6.48. The molecule has 3 heterocycles. The summed E-state index contributed by atoms with van der Waals surface area (Å²) in [5, 5.41) is 9.23. The fourth-order valence-electron chi connectivity index (χ4n) is 4.27. The van der Waals surface area contributed by atoms with Crippen LogP contribution in [0, 0.1) is 13.8 Å². The quantitative estimate of drug-likeness (QED) is 0.664. The highest BCUT2D eigenvalue weighted by molar-refractivity contribution is 5.86. The first-order valence-electron chi connectivity index (χ1n) is 11.1. The van der Waals surface area contributed by atoms with Gasteiger partial charge in [-0.05, 0) is 50.3 Å². The summed E-state index contributed by atoms with van der Waals surface area (Å²) in [6, 6.07) is 0.209. The molecule has 2 aromatic rings. The van der Waals surface area contributed by atoms with Crippen molar-refractivity contribution in [2.45, 2.75) is 46.1 Å². The van der Waals surface area contributed by atoms with Crippen molar-refractivity contribution in [3.8, 4) is 0 Å². The molecule has 2 aliphatic rings. The summed E-state index contributed by atoms with van der Waals surface area (Å²) in [5.74, 6) is 1.23. The topological polar surface area (TPSA) is 84.3 Å². The molecule has 1 saturated heterocycles. The molecule has 8 heteroatoms. The van der Waals surface area contributed by atoms with Gasteiger partial charge in [-0.1, -0.05) is 18.2 Å². The second-order valence-corrected chi connectivity index (χ2v) is 8.40. The molecular formula is C24H30N6O2. The van der Waals surface area contributed by atoms with Crippen LogP contribution in [0.15, 0.2) is 36.2 Å². The van der Waals surface area contributed by atoms with Gasteiger partial charge < -0.3 is 14.5 Å². The fourth-order valence-corrected chi connectivity index (χ4v) is 4.27. The monoisotopic (exact) mass is 434 g/mol. The number of rotatable bonds is 5. The molecule has 2 aromatic heterocycles. The Balaban J connectivity index is 1.46. The van der Waals surface area contributed by atoms with E-state index in [0.717, 1.165) is 56.2 Å². The number of piperazine rings is 1. The lowest BCUT2D eigenvalue weighted by Gasteiger charge is -2.41. The number of aromatic nitrogens is 4. The number of methoxy groups -OCH3 is 1. The molecule has 32 heavy (non-hydrogen) atoms. The largest absolute Gasteiger partial charge is 0.464 e. The summed E-state index contributed by atoms with van der Waals surface area (Å²) >= 11 is 0. The lowest BCUT2D eigenvalue weighted by atomic mass is 9.99. The zero-order valence-electron chi connectivity index (χ0n) is 19.2. The Morgan fingerprint density at radius 1 is 1.12 bits per heavy atom. The molecule has 0 aromatic carbocycles. The first-order chi connectivity index (χ1) is 15.5. The van der Waals surface area contributed by atoms with Crippen molar-refractivity contribution in [3.05, 3.63) is 58.7 Å². The van der Waals surface area contributed by atoms with Crippen molar-refractivity contribution in [2.75, 3.05) is 36.5 Å². The average Bonchev–Trinajstić information content (AvgIpc) is 2.82. The van der Waals surface area contributed by atoms with Gasteiger partial charge in [0.1, 0.15) is 5.82 Å². The van der Waals surface area contributed by atoms with Gasteiger partial charge in [-0.25, -0.2) is 14.8 Å². The molecule has 1 aliphatic carbocycles. The van der Waals surface area contributed by atoms with Gasteiger partial charge in [0.05, 0.1) is 25.2 Å². The summed E-state index contributed by atoms with van der Waals surface area (Å²) in [7, 11) is 1.34. The van der Waals surface area contributed by atoms with Gasteiger partial charge in [0.15, 0.2) is 11.5 Å². The number of carbonyl (C=O) groups excluding carboxylic acids is 1. The second kappa shape index (κ2) is 9.46. The minimum Gasteiger partial charge on any atom is -0.464 e. The van der Waals surface area contributed by atoms with Crippen molar-refractivity contribution in [2.24, 2.45) is 0 Å². The number of esters is 1. The van der Waals surface area contributed by atoms with Crippen LogP contribution in [0.2, 0.25) is 0 Å². The lowest BCUT2D eigenvalue weighted by Crippen LogP contribution is -2.53. The Hall–Kier alpha value is -3.29. The molecule has 0 radical (unpaired) electrons. The smallest absolute Gasteiger partial charge is 0.358 e. The Bertz CT molecular complexity index is 1050. The molecular weight excluding hydrogens is 404 g/mol. The fraction of sp³-hybridized carbons (Fsp3) is 0.458. The van der Waals surface area contributed by atoms with Crippen LogP contribution in [0.4, 0.5) is 11.6 Å². The minimum atomic E-state index is -0.481. The van der Waals surface area contributed by atoms with Crippen LogP contribution in [-0.4, -0.2) is 58.9 Å². The molecule has 1 aliphatic heterocycles. The second-order valence-electron chi connectivity index (χ2n) is 8.40. The lowest BCUT2D eigenvalue weighted by molar-refractivity contribution is 0.0593. The Morgan fingerprint density at radius 3 is 2.62 bits per heavy atom. The summed E-state index contributed by atoms with van der Waals surface area (Å²) in [6.45, 7) is 8.85. The highest BCUT2D eigenvalue weighted by Gasteiger charge is 2.27. The van der Waals surface area contributed by atoms with Crippen LogP contribution in [0.3, 0.4) is 0 Å². The number of ether oxygens (including phenoxy) is 1. The molecule has 1 fully saturated rings. The highest BCUT2D eigenvalue weighted by Crippen LogP contribution is 2.27. The standard InChI is InChI=1S/C24H30N6O2/c1-16-15-29(10-11-30(16)22-14-25-21(13-26-22)24(31)32-4)23-18(3)17(2)20(27-28-23)12-19-8-6-5-7-9-19/h6,8-9,13-14,16H,5,7,10-12,15H2,1-4H3/t16-/m1/s1. The Labute approximate surface area is 189 Å². The summed E-state index contributed by atoms with van der Waals surface area (Å²) in [5.41, 5.74) is 5.00. The van der Waals surface area contributed by atoms with Crippen molar-refractivity contribution >= 4 is 17.6 Å². The van der Waals surface area contributed by atoms with Gasteiger partial charge in [-0.3, -0.25) is 0 Å². The third-order valence-electron chi connectivity index (χ3n) is 6.29. The van der Waals surface area contributed by atoms with E-state index in [9.17, 15) is 4.79 Å². The van der Waals surface area contributed by atoms with Gasteiger partial charge in [0, 0.05) is 32.1 Å². The van der Waals surface area contributed by atoms with E-state index in [1.54, 1.807) is 6.20 Å². The van der Waals surface area contributed by atoms with Crippen LogP contribution in [0.1, 0.15) is 47.1 Å². The number of carbonyl (C=O) groups is 1. The van der Waals surface area contributed by atoms with Gasteiger partial charge in [-0.2, -0.15) is 5.10 Å². The molecule has 0 saturated carbocycles. The maximum absolute atomic E-state index is 11.6. The SMILES string of the molecule is COC(=O)c1cnc(N2CCN(c3nnc(CC4=CCCC=C4)c(C)c3C)C[C@H]2C)cn1.